The number of aromatic nitrogens is 1. The summed E-state index contributed by atoms with van der Waals surface area (Å²) in [5.41, 5.74) is 5.68. The third-order valence-electron chi connectivity index (χ3n) is 3.15. The normalized spacial score (nSPS) is 17.8. The van der Waals surface area contributed by atoms with E-state index in [2.05, 4.69) is 10.3 Å². The molecule has 1 aromatic rings. The van der Waals surface area contributed by atoms with Gasteiger partial charge in [0.15, 0.2) is 0 Å². The summed E-state index contributed by atoms with van der Waals surface area (Å²) >= 11 is 12.0. The smallest absolute Gasteiger partial charge is 0.147 e. The number of nitrogens with two attached hydrogens (primary N) is 1. The Kier molecular flexibility index (Phi) is 4.35. The maximum absolute atomic E-state index is 6.10. The van der Waals surface area contributed by atoms with Gasteiger partial charge in [0.2, 0.25) is 0 Å². The highest BCUT2D eigenvalue weighted by Gasteiger charge is 2.15. The van der Waals surface area contributed by atoms with Crippen LogP contribution in [0.1, 0.15) is 38.5 Å². The minimum Gasteiger partial charge on any atom is -0.382 e. The van der Waals surface area contributed by atoms with E-state index in [1.807, 2.05) is 0 Å². The summed E-state index contributed by atoms with van der Waals surface area (Å²) in [7, 11) is 0. The summed E-state index contributed by atoms with van der Waals surface area (Å²) in [6.45, 7) is 0. The zero-order valence-corrected chi connectivity index (χ0v) is 11.2. The number of halogens is 2. The van der Waals surface area contributed by atoms with Gasteiger partial charge in [-0.1, -0.05) is 48.9 Å². The summed E-state index contributed by atoms with van der Waals surface area (Å²) in [4.78, 5) is 4.20. The lowest BCUT2D eigenvalue weighted by molar-refractivity contribution is 0.618. The van der Waals surface area contributed by atoms with Crippen molar-refractivity contribution >= 4 is 34.8 Å². The van der Waals surface area contributed by atoms with Crippen molar-refractivity contribution in [2.75, 3.05) is 11.1 Å². The lowest BCUT2D eigenvalue weighted by Gasteiger charge is -2.18. The number of hydrogen-bond acceptors (Lipinski definition) is 3. The first kappa shape index (κ1) is 12.8. The molecule has 1 aromatic heterocycles. The summed E-state index contributed by atoms with van der Waals surface area (Å²) in [6, 6.07) is 2.09. The molecule has 1 saturated carbocycles. The molecule has 0 saturated heterocycles. The number of pyridine rings is 1. The van der Waals surface area contributed by atoms with Gasteiger partial charge in [0.1, 0.15) is 11.6 Å². The highest BCUT2D eigenvalue weighted by molar-refractivity contribution is 6.37. The maximum atomic E-state index is 6.10. The van der Waals surface area contributed by atoms with Crippen molar-refractivity contribution < 1.29 is 0 Å². The van der Waals surface area contributed by atoms with Crippen molar-refractivity contribution in [3.8, 4) is 0 Å². The average molecular weight is 274 g/mol. The fraction of sp³-hybridized carbons (Fsp3) is 0.583. The van der Waals surface area contributed by atoms with Gasteiger partial charge in [-0.2, -0.15) is 0 Å². The molecule has 2 rings (SSSR count). The molecule has 1 aliphatic rings. The Labute approximate surface area is 112 Å². The van der Waals surface area contributed by atoms with Crippen molar-refractivity contribution in [2.24, 2.45) is 0 Å². The molecule has 5 heteroatoms. The summed E-state index contributed by atoms with van der Waals surface area (Å²) in [5, 5.41) is 4.32. The first-order valence-corrected chi connectivity index (χ1v) is 6.80. The van der Waals surface area contributed by atoms with Crippen LogP contribution in [0.15, 0.2) is 6.07 Å². The van der Waals surface area contributed by atoms with Gasteiger partial charge < -0.3 is 11.1 Å². The van der Waals surface area contributed by atoms with E-state index in [0.29, 0.717) is 27.7 Å². The standard InChI is InChI=1S/C12H17Cl2N3/c13-9-7-10(14)12(17-11(9)15)16-8-5-3-1-2-4-6-8/h7-8H,1-6H2,(H3,15,16,17). The molecule has 1 heterocycles. The van der Waals surface area contributed by atoms with Gasteiger partial charge in [-0.25, -0.2) is 4.98 Å². The highest BCUT2D eigenvalue weighted by Crippen LogP contribution is 2.29. The number of hydrogen-bond donors (Lipinski definition) is 2. The van der Waals surface area contributed by atoms with Crippen molar-refractivity contribution in [1.29, 1.82) is 0 Å². The molecule has 3 N–H and O–H groups in total. The van der Waals surface area contributed by atoms with E-state index in [1.165, 1.54) is 38.5 Å². The van der Waals surface area contributed by atoms with Crippen LogP contribution in [-0.2, 0) is 0 Å². The van der Waals surface area contributed by atoms with Gasteiger partial charge >= 0.3 is 0 Å². The number of nitrogen functional groups attached to an aromatic ring is 1. The molecule has 17 heavy (non-hydrogen) atoms. The molecule has 0 atom stereocenters. The van der Waals surface area contributed by atoms with Crippen LogP contribution in [0.25, 0.3) is 0 Å². The van der Waals surface area contributed by atoms with E-state index in [0.717, 1.165) is 0 Å². The molecule has 0 spiro atoms. The van der Waals surface area contributed by atoms with Crippen molar-refractivity contribution in [3.63, 3.8) is 0 Å². The van der Waals surface area contributed by atoms with E-state index in [-0.39, 0.29) is 0 Å². The van der Waals surface area contributed by atoms with E-state index in [4.69, 9.17) is 28.9 Å². The molecule has 0 amide bonds. The molecule has 0 aromatic carbocycles. The van der Waals surface area contributed by atoms with Gasteiger partial charge in [0.25, 0.3) is 0 Å². The lowest BCUT2D eigenvalue weighted by atomic mass is 10.1. The monoisotopic (exact) mass is 273 g/mol. The Morgan fingerprint density at radius 2 is 1.76 bits per heavy atom. The zero-order valence-electron chi connectivity index (χ0n) is 9.68. The fourth-order valence-corrected chi connectivity index (χ4v) is 2.61. The van der Waals surface area contributed by atoms with Gasteiger partial charge in [0, 0.05) is 6.04 Å². The maximum Gasteiger partial charge on any atom is 0.147 e. The molecular weight excluding hydrogens is 257 g/mol. The third-order valence-corrected chi connectivity index (χ3v) is 3.74. The third kappa shape index (κ3) is 3.39. The first-order chi connectivity index (χ1) is 8.16. The first-order valence-electron chi connectivity index (χ1n) is 6.05. The SMILES string of the molecule is Nc1nc(NC2CCCCCC2)c(Cl)cc1Cl. The summed E-state index contributed by atoms with van der Waals surface area (Å²) in [5.74, 6) is 0.979. The second-order valence-corrected chi connectivity index (χ2v) is 5.33. The topological polar surface area (TPSA) is 50.9 Å². The second-order valence-electron chi connectivity index (χ2n) is 4.52. The van der Waals surface area contributed by atoms with Crippen LogP contribution in [0.4, 0.5) is 11.6 Å². The predicted molar refractivity (Wildman–Crippen MR) is 73.8 cm³/mol. The number of nitrogens with zero attached hydrogens (tertiary/aromatic N) is 1. The minimum absolute atomic E-state index is 0.326. The van der Waals surface area contributed by atoms with Crippen LogP contribution >= 0.6 is 23.2 Å². The van der Waals surface area contributed by atoms with Crippen molar-refractivity contribution in [3.05, 3.63) is 16.1 Å². The van der Waals surface area contributed by atoms with Crippen LogP contribution in [-0.4, -0.2) is 11.0 Å². The summed E-state index contributed by atoms with van der Waals surface area (Å²) < 4.78 is 0. The molecule has 1 fully saturated rings. The number of anilines is 2. The van der Waals surface area contributed by atoms with Crippen LogP contribution in [0, 0.1) is 0 Å². The molecule has 94 valence electrons. The van der Waals surface area contributed by atoms with E-state index in [9.17, 15) is 0 Å². The molecule has 0 radical (unpaired) electrons. The molecule has 1 aliphatic carbocycles. The average Bonchev–Trinajstić information content (AvgIpc) is 2.54. The molecule has 0 aliphatic heterocycles. The lowest BCUT2D eigenvalue weighted by Crippen LogP contribution is -2.19. The quantitative estimate of drug-likeness (QED) is 0.798. The minimum atomic E-state index is 0.326. The van der Waals surface area contributed by atoms with Crippen LogP contribution in [0.2, 0.25) is 10.0 Å². The van der Waals surface area contributed by atoms with Crippen LogP contribution < -0.4 is 11.1 Å². The van der Waals surface area contributed by atoms with Gasteiger partial charge in [-0.15, -0.1) is 0 Å². The molecular formula is C12H17Cl2N3. The zero-order chi connectivity index (χ0) is 12.3. The molecule has 0 unspecified atom stereocenters. The van der Waals surface area contributed by atoms with Gasteiger partial charge in [0.05, 0.1) is 10.0 Å². The Bertz CT molecular complexity index is 388. The Morgan fingerprint density at radius 1 is 1.12 bits per heavy atom. The fourth-order valence-electron chi connectivity index (χ4n) is 2.20. The number of rotatable bonds is 2. The molecule has 0 bridgehead atoms. The van der Waals surface area contributed by atoms with Crippen LogP contribution in [0.3, 0.4) is 0 Å². The Morgan fingerprint density at radius 3 is 2.41 bits per heavy atom. The van der Waals surface area contributed by atoms with Crippen LogP contribution in [0.5, 0.6) is 0 Å². The van der Waals surface area contributed by atoms with Crippen molar-refractivity contribution in [1.82, 2.24) is 4.98 Å². The Balaban J connectivity index is 2.09. The number of nitrogens with one attached hydrogen (secondary N) is 1. The predicted octanol–water partition coefficient (Wildman–Crippen LogP) is 4.11. The summed E-state index contributed by atoms with van der Waals surface area (Å²) in [6.07, 6.45) is 7.50. The largest absolute Gasteiger partial charge is 0.382 e. The van der Waals surface area contributed by atoms with Gasteiger partial charge in [-0.3, -0.25) is 0 Å². The Hall–Kier alpha value is -0.670. The molecule has 3 nitrogen and oxygen atoms in total. The highest BCUT2D eigenvalue weighted by atomic mass is 35.5. The van der Waals surface area contributed by atoms with E-state index >= 15 is 0 Å². The van der Waals surface area contributed by atoms with Gasteiger partial charge in [-0.05, 0) is 18.9 Å². The van der Waals surface area contributed by atoms with E-state index in [1.54, 1.807) is 6.07 Å². The van der Waals surface area contributed by atoms with E-state index < -0.39 is 0 Å². The van der Waals surface area contributed by atoms with Crippen molar-refractivity contribution in [2.45, 2.75) is 44.6 Å². The second kappa shape index (κ2) is 5.78.